The highest BCUT2D eigenvalue weighted by Crippen LogP contribution is 2.26. The van der Waals surface area contributed by atoms with Crippen LogP contribution in [0, 0.1) is 5.41 Å². The number of halogens is 1. The Hall–Kier alpha value is -3.31. The standard InChI is InChI=1S/C25H25ClN2O3/c1-17(2)30-23-14-13-21(15-22(23)26)24(27)31-25(29)28-16-18-9-11-20(12-10-18)19-7-5-3-4-6-8-19/h3,5-15,17,27H,4,16H2,1-2H3,(H,28,29). The Morgan fingerprint density at radius 1 is 1.16 bits per heavy atom. The summed E-state index contributed by atoms with van der Waals surface area (Å²) in [5.41, 5.74) is 3.57. The summed E-state index contributed by atoms with van der Waals surface area (Å²) in [4.78, 5) is 12.1. The molecule has 0 aromatic heterocycles. The lowest BCUT2D eigenvalue weighted by atomic mass is 10.0. The maximum atomic E-state index is 12.1. The Labute approximate surface area is 187 Å². The van der Waals surface area contributed by atoms with Crippen LogP contribution in [0.3, 0.4) is 0 Å². The van der Waals surface area contributed by atoms with Gasteiger partial charge in [-0.1, -0.05) is 66.2 Å². The molecular weight excluding hydrogens is 412 g/mol. The highest BCUT2D eigenvalue weighted by Gasteiger charge is 2.12. The van der Waals surface area contributed by atoms with E-state index in [0.717, 1.165) is 23.1 Å². The summed E-state index contributed by atoms with van der Waals surface area (Å²) in [5.74, 6) is 0.234. The second-order valence-corrected chi connectivity index (χ2v) is 7.68. The van der Waals surface area contributed by atoms with E-state index in [2.05, 4.69) is 29.6 Å². The van der Waals surface area contributed by atoms with Crippen LogP contribution in [0.15, 0.2) is 72.8 Å². The first-order valence-corrected chi connectivity index (χ1v) is 10.4. The summed E-state index contributed by atoms with van der Waals surface area (Å²) in [5, 5.41) is 11.0. The Kier molecular flexibility index (Phi) is 7.68. The van der Waals surface area contributed by atoms with Crippen molar-refractivity contribution in [3.05, 3.63) is 94.6 Å². The lowest BCUT2D eigenvalue weighted by molar-refractivity contribution is 0.196. The van der Waals surface area contributed by atoms with Crippen LogP contribution in [0.5, 0.6) is 5.75 Å². The Morgan fingerprint density at radius 2 is 1.94 bits per heavy atom. The molecule has 1 aliphatic carbocycles. The van der Waals surface area contributed by atoms with Crippen molar-refractivity contribution in [2.75, 3.05) is 0 Å². The fourth-order valence-corrected chi connectivity index (χ4v) is 3.17. The topological polar surface area (TPSA) is 71.4 Å². The number of carbonyl (C=O) groups excluding carboxylic acids is 1. The average Bonchev–Trinajstić information content (AvgIpc) is 3.03. The van der Waals surface area contributed by atoms with Gasteiger partial charge in [-0.3, -0.25) is 5.41 Å². The van der Waals surface area contributed by atoms with Crippen LogP contribution < -0.4 is 10.1 Å². The van der Waals surface area contributed by atoms with Crippen molar-refractivity contribution in [1.29, 1.82) is 5.41 Å². The zero-order valence-electron chi connectivity index (χ0n) is 17.5. The number of allylic oxidation sites excluding steroid dienone is 6. The van der Waals surface area contributed by atoms with Crippen molar-refractivity contribution >= 4 is 29.2 Å². The summed E-state index contributed by atoms with van der Waals surface area (Å²) in [6, 6.07) is 12.8. The van der Waals surface area contributed by atoms with E-state index in [-0.39, 0.29) is 12.0 Å². The lowest BCUT2D eigenvalue weighted by Gasteiger charge is -2.13. The monoisotopic (exact) mass is 436 g/mol. The minimum Gasteiger partial charge on any atom is -0.489 e. The molecule has 160 valence electrons. The first-order chi connectivity index (χ1) is 14.9. The number of alkyl carbamates (subject to hydrolysis) is 1. The number of nitrogens with one attached hydrogen (secondary N) is 2. The van der Waals surface area contributed by atoms with Gasteiger partial charge in [0.2, 0.25) is 5.90 Å². The third kappa shape index (κ3) is 6.59. The average molecular weight is 437 g/mol. The van der Waals surface area contributed by atoms with Crippen LogP contribution in [0.2, 0.25) is 5.02 Å². The molecule has 0 spiro atoms. The Balaban J connectivity index is 1.53. The van der Waals surface area contributed by atoms with Gasteiger partial charge in [-0.15, -0.1) is 0 Å². The molecule has 2 aromatic rings. The van der Waals surface area contributed by atoms with Crippen molar-refractivity contribution in [3.8, 4) is 5.75 Å². The highest BCUT2D eigenvalue weighted by molar-refractivity contribution is 6.32. The van der Waals surface area contributed by atoms with E-state index in [9.17, 15) is 4.79 Å². The summed E-state index contributed by atoms with van der Waals surface area (Å²) in [6.07, 6.45) is 10.7. The minimum absolute atomic E-state index is 0.0175. The zero-order chi connectivity index (χ0) is 22.2. The molecule has 2 N–H and O–H groups in total. The molecule has 2 aromatic carbocycles. The molecule has 1 aliphatic rings. The van der Waals surface area contributed by atoms with Crippen LogP contribution in [0.4, 0.5) is 4.79 Å². The van der Waals surface area contributed by atoms with Gasteiger partial charge in [0.15, 0.2) is 0 Å². The molecule has 31 heavy (non-hydrogen) atoms. The second kappa shape index (κ2) is 10.6. The Bertz CT molecular complexity index is 1040. The minimum atomic E-state index is -0.702. The maximum absolute atomic E-state index is 12.1. The highest BCUT2D eigenvalue weighted by atomic mass is 35.5. The van der Waals surface area contributed by atoms with E-state index < -0.39 is 6.09 Å². The molecule has 0 saturated heterocycles. The van der Waals surface area contributed by atoms with Gasteiger partial charge in [-0.05, 0) is 55.2 Å². The largest absolute Gasteiger partial charge is 0.489 e. The van der Waals surface area contributed by atoms with Gasteiger partial charge in [0, 0.05) is 12.1 Å². The van der Waals surface area contributed by atoms with Crippen molar-refractivity contribution in [2.24, 2.45) is 0 Å². The van der Waals surface area contributed by atoms with Crippen LogP contribution in [-0.2, 0) is 11.3 Å². The van der Waals surface area contributed by atoms with E-state index in [1.165, 1.54) is 0 Å². The van der Waals surface area contributed by atoms with Gasteiger partial charge >= 0.3 is 6.09 Å². The summed E-state index contributed by atoms with van der Waals surface area (Å²) < 4.78 is 10.6. The molecule has 1 amide bonds. The summed E-state index contributed by atoms with van der Waals surface area (Å²) in [7, 11) is 0. The number of rotatable bonds is 6. The van der Waals surface area contributed by atoms with E-state index in [0.29, 0.717) is 22.9 Å². The smallest absolute Gasteiger partial charge is 0.414 e. The van der Waals surface area contributed by atoms with Gasteiger partial charge in [-0.2, -0.15) is 0 Å². The number of ether oxygens (including phenoxy) is 2. The molecule has 0 bridgehead atoms. The van der Waals surface area contributed by atoms with E-state index >= 15 is 0 Å². The predicted molar refractivity (Wildman–Crippen MR) is 125 cm³/mol. The van der Waals surface area contributed by atoms with Gasteiger partial charge < -0.3 is 14.8 Å². The molecule has 0 heterocycles. The normalized spacial score (nSPS) is 12.8. The first-order valence-electron chi connectivity index (χ1n) is 10.1. The number of amides is 1. The van der Waals surface area contributed by atoms with Gasteiger partial charge in [0.25, 0.3) is 0 Å². The molecule has 5 nitrogen and oxygen atoms in total. The van der Waals surface area contributed by atoms with Gasteiger partial charge in [-0.25, -0.2) is 4.79 Å². The zero-order valence-corrected chi connectivity index (χ0v) is 18.3. The van der Waals surface area contributed by atoms with Crippen molar-refractivity contribution in [1.82, 2.24) is 5.32 Å². The second-order valence-electron chi connectivity index (χ2n) is 7.27. The van der Waals surface area contributed by atoms with Crippen LogP contribution in [0.1, 0.15) is 37.0 Å². The van der Waals surface area contributed by atoms with Crippen LogP contribution in [-0.4, -0.2) is 18.1 Å². The molecule has 0 radical (unpaired) electrons. The van der Waals surface area contributed by atoms with Crippen LogP contribution >= 0.6 is 11.6 Å². The maximum Gasteiger partial charge on any atom is 0.414 e. The summed E-state index contributed by atoms with van der Waals surface area (Å²) >= 11 is 6.18. The molecule has 0 unspecified atom stereocenters. The van der Waals surface area contributed by atoms with Crippen LogP contribution in [0.25, 0.3) is 5.57 Å². The quantitative estimate of drug-likeness (QED) is 0.413. The van der Waals surface area contributed by atoms with E-state index in [1.807, 2.05) is 44.2 Å². The van der Waals surface area contributed by atoms with E-state index in [1.54, 1.807) is 18.2 Å². The molecule has 0 fully saturated rings. The molecule has 6 heteroatoms. The number of hydrogen-bond donors (Lipinski definition) is 2. The van der Waals surface area contributed by atoms with Gasteiger partial charge in [0.05, 0.1) is 11.1 Å². The van der Waals surface area contributed by atoms with Gasteiger partial charge in [0.1, 0.15) is 5.75 Å². The fraction of sp³-hybridized carbons (Fsp3) is 0.200. The SMILES string of the molecule is CC(C)Oc1ccc(C(=N)OC(=O)NCc2ccc(C3=CC=CCC=C3)cc2)cc1Cl. The molecule has 0 saturated carbocycles. The molecule has 0 aliphatic heterocycles. The van der Waals surface area contributed by atoms with Crippen molar-refractivity contribution < 1.29 is 14.3 Å². The number of hydrogen-bond acceptors (Lipinski definition) is 4. The number of carbonyl (C=O) groups is 1. The van der Waals surface area contributed by atoms with Crippen molar-refractivity contribution in [3.63, 3.8) is 0 Å². The first kappa shape index (κ1) is 22.4. The third-order valence-corrected chi connectivity index (χ3v) is 4.75. The number of benzene rings is 2. The van der Waals surface area contributed by atoms with Crippen molar-refractivity contribution in [2.45, 2.75) is 32.9 Å². The Morgan fingerprint density at radius 3 is 2.65 bits per heavy atom. The third-order valence-electron chi connectivity index (χ3n) is 4.46. The lowest BCUT2D eigenvalue weighted by Crippen LogP contribution is -2.26. The molecular formula is C25H25ClN2O3. The fourth-order valence-electron chi connectivity index (χ4n) is 2.94. The molecule has 3 rings (SSSR count). The molecule has 0 atom stereocenters. The summed E-state index contributed by atoms with van der Waals surface area (Å²) in [6.45, 7) is 4.09. The van der Waals surface area contributed by atoms with E-state index in [4.69, 9.17) is 26.5 Å². The predicted octanol–water partition coefficient (Wildman–Crippen LogP) is 6.28.